The maximum Gasteiger partial charge on any atom is 0.489 e. The Kier molecular flexibility index (Phi) is 5.87. The minimum atomic E-state index is -4.50. The van der Waals surface area contributed by atoms with Crippen LogP contribution in [0.2, 0.25) is 0 Å². The Bertz CT molecular complexity index is 2270. The van der Waals surface area contributed by atoms with Gasteiger partial charge in [0.2, 0.25) is 0 Å². The first-order valence-electron chi connectivity index (χ1n) is 12.8. The molecule has 41 heavy (non-hydrogen) atoms. The molecule has 0 fully saturated rings. The summed E-state index contributed by atoms with van der Waals surface area (Å²) in [5, 5.41) is 8.46. The number of rotatable bonds is 2. The molecule has 8 rings (SSSR count). The topological polar surface area (TPSA) is 22.2 Å². The van der Waals surface area contributed by atoms with Gasteiger partial charge in [-0.1, -0.05) is 88.4 Å². The maximum atomic E-state index is 13.9. The molecule has 0 bridgehead atoms. The van der Waals surface area contributed by atoms with Gasteiger partial charge in [-0.2, -0.15) is 5.10 Å². The van der Waals surface area contributed by atoms with Gasteiger partial charge in [-0.05, 0) is 47.7 Å². The smallest absolute Gasteiger partial charge is 0.267 e. The number of aromatic nitrogens is 3. The average Bonchev–Trinajstić information content (AvgIpc) is 3.66. The van der Waals surface area contributed by atoms with Gasteiger partial charge < -0.3 is 0 Å². The second kappa shape index (κ2) is 9.28. The molecule has 0 aliphatic heterocycles. The van der Waals surface area contributed by atoms with Crippen LogP contribution in [0, 0.1) is 13.0 Å². The molecule has 0 saturated heterocycles. The number of alkyl halides is 3. The normalized spacial score (nSPS) is 12.2. The molecule has 4 aromatic carbocycles. The predicted molar refractivity (Wildman–Crippen MR) is 157 cm³/mol. The van der Waals surface area contributed by atoms with Gasteiger partial charge in [0.25, 0.3) is 0 Å². The summed E-state index contributed by atoms with van der Waals surface area (Å²) < 4.78 is 45.4. The van der Waals surface area contributed by atoms with Crippen molar-refractivity contribution in [1.29, 1.82) is 0 Å². The van der Waals surface area contributed by atoms with Gasteiger partial charge in [0.15, 0.2) is 0 Å². The number of halogens is 3. The second-order valence-electron chi connectivity index (χ2n) is 9.96. The standard InChI is InChI=1S/C33H19F3N3S.Ir/c1-19-16-31-32(40-19)25-8-3-2-6-23(25)30-18-27(37-39(30)31)21-12-10-20(11-13-21)22-14-15-29-26(17-22)24-7-4-5-9-28(24)38(29)33(34,35)36;/h2-15,17-18H,1H3;/q-1;. The number of nitrogens with zero attached hydrogens (tertiary/aromatic N) is 3. The van der Waals surface area contributed by atoms with E-state index in [4.69, 9.17) is 5.10 Å². The van der Waals surface area contributed by atoms with E-state index < -0.39 is 6.30 Å². The van der Waals surface area contributed by atoms with Crippen LogP contribution in [0.25, 0.3) is 70.7 Å². The van der Waals surface area contributed by atoms with E-state index >= 15 is 0 Å². The molecule has 0 aliphatic carbocycles. The van der Waals surface area contributed by atoms with Crippen molar-refractivity contribution in [3.8, 4) is 22.4 Å². The van der Waals surface area contributed by atoms with Crippen molar-refractivity contribution in [3.63, 3.8) is 0 Å². The third-order valence-electron chi connectivity index (χ3n) is 7.57. The van der Waals surface area contributed by atoms with Crippen LogP contribution in [0.15, 0.2) is 97.1 Å². The molecule has 3 nitrogen and oxygen atoms in total. The van der Waals surface area contributed by atoms with E-state index in [1.54, 1.807) is 41.7 Å². The first-order valence-corrected chi connectivity index (χ1v) is 13.6. The Morgan fingerprint density at radius 1 is 0.683 bits per heavy atom. The van der Waals surface area contributed by atoms with Gasteiger partial charge in [0.1, 0.15) is 0 Å². The zero-order chi connectivity index (χ0) is 27.2. The predicted octanol–water partition coefficient (Wildman–Crippen LogP) is 9.73. The zero-order valence-corrected chi connectivity index (χ0v) is 24.7. The molecule has 203 valence electrons. The molecular formula is C33H19F3IrN3S-. The van der Waals surface area contributed by atoms with E-state index in [0.29, 0.717) is 15.3 Å². The van der Waals surface area contributed by atoms with Crippen LogP contribution < -0.4 is 0 Å². The van der Waals surface area contributed by atoms with Crippen LogP contribution in [0.3, 0.4) is 0 Å². The molecule has 8 aromatic rings. The molecule has 0 amide bonds. The van der Waals surface area contributed by atoms with Crippen molar-refractivity contribution >= 4 is 59.6 Å². The van der Waals surface area contributed by atoms with Gasteiger partial charge in [-0.15, -0.1) is 18.0 Å². The summed E-state index contributed by atoms with van der Waals surface area (Å²) in [5.74, 6) is 0. The van der Waals surface area contributed by atoms with Gasteiger partial charge in [0.05, 0.1) is 22.2 Å². The van der Waals surface area contributed by atoms with Crippen molar-refractivity contribution in [2.75, 3.05) is 0 Å². The van der Waals surface area contributed by atoms with Gasteiger partial charge in [-0.25, -0.2) is 6.07 Å². The van der Waals surface area contributed by atoms with Crippen LogP contribution in [0.1, 0.15) is 4.88 Å². The molecule has 4 aromatic heterocycles. The van der Waals surface area contributed by atoms with Crippen LogP contribution in [-0.2, 0) is 26.4 Å². The monoisotopic (exact) mass is 739 g/mol. The summed E-state index contributed by atoms with van der Waals surface area (Å²) >= 11 is 1.72. The quantitative estimate of drug-likeness (QED) is 0.162. The number of pyridine rings is 1. The van der Waals surface area contributed by atoms with Gasteiger partial charge >= 0.3 is 6.30 Å². The van der Waals surface area contributed by atoms with Crippen LogP contribution in [0.4, 0.5) is 13.2 Å². The van der Waals surface area contributed by atoms with E-state index in [2.05, 4.69) is 37.3 Å². The maximum absolute atomic E-state index is 13.9. The third-order valence-corrected chi connectivity index (χ3v) is 8.60. The second-order valence-corrected chi connectivity index (χ2v) is 11.2. The van der Waals surface area contributed by atoms with Crippen LogP contribution in [0.5, 0.6) is 0 Å². The van der Waals surface area contributed by atoms with Crippen molar-refractivity contribution in [1.82, 2.24) is 14.2 Å². The number of aryl methyl sites for hydroxylation is 1. The van der Waals surface area contributed by atoms with E-state index in [1.165, 1.54) is 16.2 Å². The fraction of sp³-hybridized carbons (Fsp3) is 0.0606. The summed E-state index contributed by atoms with van der Waals surface area (Å²) in [7, 11) is 0. The van der Waals surface area contributed by atoms with Crippen molar-refractivity contribution in [2.24, 2.45) is 0 Å². The number of thiophene rings is 1. The Labute approximate surface area is 249 Å². The molecule has 8 heteroatoms. The molecule has 0 saturated carbocycles. The minimum Gasteiger partial charge on any atom is -0.267 e. The molecule has 0 unspecified atom stereocenters. The summed E-state index contributed by atoms with van der Waals surface area (Å²) in [6, 6.07) is 33.8. The number of fused-ring (bicyclic) bond motifs is 9. The van der Waals surface area contributed by atoms with E-state index in [-0.39, 0.29) is 31.1 Å². The number of hydrogen-bond donors (Lipinski definition) is 0. The Morgan fingerprint density at radius 2 is 1.29 bits per heavy atom. The van der Waals surface area contributed by atoms with E-state index in [0.717, 1.165) is 43.7 Å². The Balaban J connectivity index is 0.00000276. The van der Waals surface area contributed by atoms with E-state index in [9.17, 15) is 13.2 Å². The molecule has 0 spiro atoms. The van der Waals surface area contributed by atoms with Crippen molar-refractivity contribution in [3.05, 3.63) is 108 Å². The molecule has 0 N–H and O–H groups in total. The summed E-state index contributed by atoms with van der Waals surface area (Å²) in [6.07, 6.45) is -4.50. The van der Waals surface area contributed by atoms with Crippen LogP contribution >= 0.6 is 11.3 Å². The Hall–Kier alpha value is -3.97. The number of para-hydroxylation sites is 1. The fourth-order valence-corrected chi connectivity index (χ4v) is 6.81. The largest absolute Gasteiger partial charge is 0.489 e. The molecule has 4 heterocycles. The first kappa shape index (κ1) is 26.0. The minimum absolute atomic E-state index is 0. The molecule has 1 radical (unpaired) electrons. The fourth-order valence-electron chi connectivity index (χ4n) is 5.83. The molecular weight excluding hydrogens is 720 g/mol. The zero-order valence-electron chi connectivity index (χ0n) is 21.5. The molecule has 0 atom stereocenters. The summed E-state index contributed by atoms with van der Waals surface area (Å²) in [5.41, 5.74) is 5.91. The van der Waals surface area contributed by atoms with Gasteiger partial charge in [-0.3, -0.25) is 20.4 Å². The SMILES string of the molecule is Cc1[c-]c2c(s1)c1ccccc1c1cc(-c3ccc(-c4ccc5c(c4)c4ccccc4n5C(F)(F)F)cc3)nn21.[Ir]. The van der Waals surface area contributed by atoms with Gasteiger partial charge in [0, 0.05) is 36.4 Å². The molecule has 0 aliphatic rings. The number of benzene rings is 4. The third kappa shape index (κ3) is 3.93. The van der Waals surface area contributed by atoms with E-state index in [1.807, 2.05) is 40.9 Å². The number of hydrogen-bond acceptors (Lipinski definition) is 2. The van der Waals surface area contributed by atoms with Crippen molar-refractivity contribution < 1.29 is 33.3 Å². The summed E-state index contributed by atoms with van der Waals surface area (Å²) in [6.45, 7) is 2.06. The average molecular weight is 739 g/mol. The van der Waals surface area contributed by atoms with Crippen molar-refractivity contribution in [2.45, 2.75) is 13.2 Å². The first-order chi connectivity index (χ1) is 19.4. The Morgan fingerprint density at radius 3 is 2.02 bits per heavy atom. The summed E-state index contributed by atoms with van der Waals surface area (Å²) in [4.78, 5) is 1.12. The van der Waals surface area contributed by atoms with Crippen LogP contribution in [-0.4, -0.2) is 14.2 Å².